The van der Waals surface area contributed by atoms with Gasteiger partial charge in [0.25, 0.3) is 0 Å². The van der Waals surface area contributed by atoms with E-state index < -0.39 is 0 Å². The van der Waals surface area contributed by atoms with Gasteiger partial charge in [-0.15, -0.1) is 0 Å². The van der Waals surface area contributed by atoms with Crippen molar-refractivity contribution < 1.29 is 4.74 Å². The van der Waals surface area contributed by atoms with Crippen molar-refractivity contribution in [2.24, 2.45) is 0 Å². The van der Waals surface area contributed by atoms with Gasteiger partial charge in [0.15, 0.2) is 5.82 Å². The quantitative estimate of drug-likeness (QED) is 0.571. The number of para-hydroxylation sites is 1. The van der Waals surface area contributed by atoms with Gasteiger partial charge in [0.2, 0.25) is 0 Å². The monoisotopic (exact) mass is 333 g/mol. The molecular formula is C16H23N5OS. The first-order valence-corrected chi connectivity index (χ1v) is 8.80. The summed E-state index contributed by atoms with van der Waals surface area (Å²) < 4.78 is 13.9. The van der Waals surface area contributed by atoms with Crippen LogP contribution in [0.5, 0.6) is 5.75 Å². The lowest BCUT2D eigenvalue weighted by molar-refractivity contribution is 0.313. The molecule has 0 unspecified atom stereocenters. The third-order valence-corrected chi connectivity index (χ3v) is 4.47. The fourth-order valence-electron chi connectivity index (χ4n) is 2.75. The van der Waals surface area contributed by atoms with Crippen LogP contribution in [0.4, 0.5) is 11.5 Å². The molecule has 0 saturated carbocycles. The smallest absolute Gasteiger partial charge is 0.160 e. The van der Waals surface area contributed by atoms with Gasteiger partial charge in [-0.3, -0.25) is 4.90 Å². The molecule has 7 heteroatoms. The maximum Gasteiger partial charge on any atom is 0.160 e. The Labute approximate surface area is 141 Å². The van der Waals surface area contributed by atoms with Gasteiger partial charge in [-0.25, -0.2) is 0 Å². The molecule has 2 aromatic rings. The van der Waals surface area contributed by atoms with Crippen LogP contribution in [0.2, 0.25) is 0 Å². The zero-order valence-corrected chi connectivity index (χ0v) is 14.0. The van der Waals surface area contributed by atoms with Crippen molar-refractivity contribution in [2.45, 2.75) is 25.8 Å². The number of hydrogen-bond donors (Lipinski definition) is 2. The molecule has 23 heavy (non-hydrogen) atoms. The standard InChI is InChI=1S/C16H23N5OS/c17-16-13(12-21-8-1-2-9-21)5-3-6-14(16)22-10-4-7-18-15-11-19-23-20-15/h3,5-6,11H,1-2,4,7-10,12,17H2,(H,18,20). The number of likely N-dealkylation sites (tertiary alicyclic amines) is 1. The van der Waals surface area contributed by atoms with Gasteiger partial charge in [0, 0.05) is 13.1 Å². The summed E-state index contributed by atoms with van der Waals surface area (Å²) in [5.41, 5.74) is 8.21. The van der Waals surface area contributed by atoms with Crippen LogP contribution >= 0.6 is 11.7 Å². The fourth-order valence-corrected chi connectivity index (χ4v) is 3.14. The lowest BCUT2D eigenvalue weighted by atomic mass is 10.1. The second-order valence-corrected chi connectivity index (χ2v) is 6.29. The predicted octanol–water partition coefficient (Wildman–Crippen LogP) is 2.60. The highest BCUT2D eigenvalue weighted by molar-refractivity contribution is 6.99. The molecule has 1 fully saturated rings. The highest BCUT2D eigenvalue weighted by Gasteiger charge is 2.14. The Bertz CT molecular complexity index is 599. The highest BCUT2D eigenvalue weighted by Crippen LogP contribution is 2.27. The van der Waals surface area contributed by atoms with Gasteiger partial charge in [-0.2, -0.15) is 8.75 Å². The Morgan fingerprint density at radius 3 is 2.96 bits per heavy atom. The van der Waals surface area contributed by atoms with E-state index >= 15 is 0 Å². The van der Waals surface area contributed by atoms with Gasteiger partial charge in [0.05, 0.1) is 30.2 Å². The Balaban J connectivity index is 1.45. The number of nitrogens with one attached hydrogen (secondary N) is 1. The summed E-state index contributed by atoms with van der Waals surface area (Å²) in [6.45, 7) is 4.69. The van der Waals surface area contributed by atoms with Crippen molar-refractivity contribution in [2.75, 3.05) is 37.3 Å². The van der Waals surface area contributed by atoms with Crippen LogP contribution in [0.25, 0.3) is 0 Å². The van der Waals surface area contributed by atoms with Crippen LogP contribution in [-0.4, -0.2) is 39.9 Å². The zero-order chi connectivity index (χ0) is 15.9. The molecule has 6 nitrogen and oxygen atoms in total. The van der Waals surface area contributed by atoms with Crippen molar-refractivity contribution in [3.63, 3.8) is 0 Å². The lowest BCUT2D eigenvalue weighted by Gasteiger charge is -2.18. The van der Waals surface area contributed by atoms with Gasteiger partial charge >= 0.3 is 0 Å². The molecule has 0 aliphatic carbocycles. The first kappa shape index (κ1) is 16.0. The largest absolute Gasteiger partial charge is 0.491 e. The molecule has 0 atom stereocenters. The van der Waals surface area contributed by atoms with E-state index in [2.05, 4.69) is 25.0 Å². The Hall–Kier alpha value is -1.86. The topological polar surface area (TPSA) is 76.3 Å². The highest BCUT2D eigenvalue weighted by atomic mass is 32.1. The van der Waals surface area contributed by atoms with Crippen LogP contribution in [0.1, 0.15) is 24.8 Å². The molecule has 2 heterocycles. The van der Waals surface area contributed by atoms with Crippen LogP contribution in [0, 0.1) is 0 Å². The van der Waals surface area contributed by atoms with E-state index in [1.165, 1.54) is 37.7 Å². The number of nitrogens with two attached hydrogens (primary N) is 1. The summed E-state index contributed by atoms with van der Waals surface area (Å²) in [5, 5.41) is 3.20. The molecule has 0 spiro atoms. The van der Waals surface area contributed by atoms with Crippen molar-refractivity contribution in [3.05, 3.63) is 30.0 Å². The molecule has 1 saturated heterocycles. The molecule has 3 N–H and O–H groups in total. The van der Waals surface area contributed by atoms with E-state index in [1.807, 2.05) is 12.1 Å². The van der Waals surface area contributed by atoms with Gasteiger partial charge in [-0.05, 0) is 44.0 Å². The maximum atomic E-state index is 6.27. The molecule has 1 aromatic carbocycles. The number of aromatic nitrogens is 2. The van der Waals surface area contributed by atoms with E-state index in [-0.39, 0.29) is 0 Å². The third-order valence-electron chi connectivity index (χ3n) is 4.00. The minimum Gasteiger partial charge on any atom is -0.491 e. The molecule has 0 bridgehead atoms. The van der Waals surface area contributed by atoms with Crippen LogP contribution in [0.15, 0.2) is 24.4 Å². The minimum absolute atomic E-state index is 0.627. The molecule has 0 amide bonds. The van der Waals surface area contributed by atoms with E-state index in [9.17, 15) is 0 Å². The Morgan fingerprint density at radius 2 is 2.17 bits per heavy atom. The number of nitrogen functional groups attached to an aromatic ring is 1. The van der Waals surface area contributed by atoms with Crippen molar-refractivity contribution >= 4 is 23.2 Å². The fraction of sp³-hybridized carbons (Fsp3) is 0.500. The summed E-state index contributed by atoms with van der Waals surface area (Å²) in [6, 6.07) is 6.06. The Morgan fingerprint density at radius 1 is 1.30 bits per heavy atom. The van der Waals surface area contributed by atoms with Gasteiger partial charge in [-0.1, -0.05) is 12.1 Å². The number of ether oxygens (including phenoxy) is 1. The van der Waals surface area contributed by atoms with E-state index in [1.54, 1.807) is 6.20 Å². The second-order valence-electron chi connectivity index (χ2n) is 5.73. The first-order valence-electron chi connectivity index (χ1n) is 8.07. The Kier molecular flexibility index (Phi) is 5.65. The average Bonchev–Trinajstić information content (AvgIpc) is 3.24. The zero-order valence-electron chi connectivity index (χ0n) is 13.2. The minimum atomic E-state index is 0.627. The van der Waals surface area contributed by atoms with Crippen LogP contribution < -0.4 is 15.8 Å². The summed E-state index contributed by atoms with van der Waals surface area (Å²) in [6.07, 6.45) is 5.19. The molecule has 1 aliphatic heterocycles. The SMILES string of the molecule is Nc1c(CN2CCCC2)cccc1OCCCNc1cnsn1. The number of hydrogen-bond acceptors (Lipinski definition) is 7. The summed E-state index contributed by atoms with van der Waals surface area (Å²) in [4.78, 5) is 2.45. The predicted molar refractivity (Wildman–Crippen MR) is 93.9 cm³/mol. The molecule has 1 aromatic heterocycles. The number of nitrogens with zero attached hydrogens (tertiary/aromatic N) is 3. The van der Waals surface area contributed by atoms with Crippen LogP contribution in [-0.2, 0) is 6.54 Å². The van der Waals surface area contributed by atoms with E-state index in [0.717, 1.165) is 42.3 Å². The van der Waals surface area contributed by atoms with Gasteiger partial charge < -0.3 is 15.8 Å². The average molecular weight is 333 g/mol. The van der Waals surface area contributed by atoms with Crippen LogP contribution in [0.3, 0.4) is 0 Å². The summed E-state index contributed by atoms with van der Waals surface area (Å²) in [7, 11) is 0. The van der Waals surface area contributed by atoms with Crippen molar-refractivity contribution in [1.29, 1.82) is 0 Å². The first-order chi connectivity index (χ1) is 11.3. The number of anilines is 2. The lowest BCUT2D eigenvalue weighted by Crippen LogP contribution is -2.19. The number of benzene rings is 1. The number of rotatable bonds is 8. The van der Waals surface area contributed by atoms with E-state index in [0.29, 0.717) is 6.61 Å². The molecule has 124 valence electrons. The second kappa shape index (κ2) is 8.12. The summed E-state index contributed by atoms with van der Waals surface area (Å²) in [5.74, 6) is 1.61. The van der Waals surface area contributed by atoms with Crippen molar-refractivity contribution in [3.8, 4) is 5.75 Å². The summed E-state index contributed by atoms with van der Waals surface area (Å²) >= 11 is 1.20. The normalized spacial score (nSPS) is 15.0. The van der Waals surface area contributed by atoms with Crippen molar-refractivity contribution in [1.82, 2.24) is 13.6 Å². The van der Waals surface area contributed by atoms with Gasteiger partial charge in [0.1, 0.15) is 5.75 Å². The third kappa shape index (κ3) is 4.56. The molecule has 0 radical (unpaired) electrons. The molecule has 1 aliphatic rings. The molecule has 3 rings (SSSR count). The maximum absolute atomic E-state index is 6.27. The molecular weight excluding hydrogens is 310 g/mol. The van der Waals surface area contributed by atoms with E-state index in [4.69, 9.17) is 10.5 Å².